The number of aromatic hydroxyl groups is 1. The highest BCUT2D eigenvalue weighted by Gasteiger charge is 2.45. The molecule has 288 valence electrons. The van der Waals surface area contributed by atoms with Gasteiger partial charge in [0.15, 0.2) is 0 Å². The first-order valence-corrected chi connectivity index (χ1v) is 22.3. The van der Waals surface area contributed by atoms with Crippen LogP contribution in [0.1, 0.15) is 89.3 Å². The minimum Gasteiger partial charge on any atom is -0.508 e. The zero-order valence-corrected chi connectivity index (χ0v) is 34.1. The Morgan fingerprint density at radius 1 is 1.06 bits per heavy atom. The van der Waals surface area contributed by atoms with Crippen molar-refractivity contribution in [2.45, 2.75) is 103 Å². The van der Waals surface area contributed by atoms with Crippen LogP contribution in [-0.2, 0) is 22.5 Å². The lowest BCUT2D eigenvalue weighted by molar-refractivity contribution is 0.0222. The molecule has 3 aliphatic heterocycles. The molecule has 54 heavy (non-hydrogen) atoms. The van der Waals surface area contributed by atoms with E-state index in [0.29, 0.717) is 55.2 Å². The third kappa shape index (κ3) is 7.98. The zero-order chi connectivity index (χ0) is 38.0. The molecule has 0 bridgehead atoms. The highest BCUT2D eigenvalue weighted by atomic mass is 28.3. The second kappa shape index (κ2) is 16.2. The van der Waals surface area contributed by atoms with Crippen molar-refractivity contribution in [3.05, 3.63) is 52.7 Å². The molecule has 7 rings (SSSR count). The van der Waals surface area contributed by atoms with Gasteiger partial charge in [-0.3, -0.25) is 4.90 Å². The fraction of sp³-hybridized carbons (Fsp3) is 0.605. The molecule has 11 heteroatoms. The summed E-state index contributed by atoms with van der Waals surface area (Å²) in [6.07, 6.45) is 2.86. The number of morpholine rings is 1. The van der Waals surface area contributed by atoms with Crippen molar-refractivity contribution in [2.75, 3.05) is 64.0 Å². The number of phenolic OH excluding ortho intramolecular Hbond substituents is 1. The summed E-state index contributed by atoms with van der Waals surface area (Å²) in [4.78, 5) is 14.9. The average Bonchev–Trinajstić information content (AvgIpc) is 3.92. The van der Waals surface area contributed by atoms with Crippen LogP contribution in [0.5, 0.6) is 11.8 Å². The molecule has 1 unspecified atom stereocenters. The number of piperazine rings is 1. The van der Waals surface area contributed by atoms with Crippen LogP contribution in [0.4, 0.5) is 5.82 Å². The lowest BCUT2D eigenvalue weighted by Gasteiger charge is -2.38. The van der Waals surface area contributed by atoms with Crippen LogP contribution < -0.4 is 15.0 Å². The summed E-state index contributed by atoms with van der Waals surface area (Å²) in [7, 11) is -1.99. The number of nitrogens with zero attached hydrogens (tertiary/aromatic N) is 5. The van der Waals surface area contributed by atoms with Gasteiger partial charge in [-0.15, -0.1) is 5.54 Å². The van der Waals surface area contributed by atoms with Gasteiger partial charge in [0.05, 0.1) is 50.7 Å². The maximum Gasteiger partial charge on any atom is 0.318 e. The van der Waals surface area contributed by atoms with Gasteiger partial charge in [-0.1, -0.05) is 59.6 Å². The standard InChI is InChI=1S/C43H58N6O4Si/c1-29(2)54(30(3)4,31(5)6)21-11-32-8-7-9-33-22-35(50)23-36(40(32)33)39-24-38-37(26-52-39)41(49-16-15-45-34(25-49)10-14-44)47-42(46-38)53-28-43(12-13-43)27-48-17-19-51-20-18-48/h7-9,22-23,29-31,34,39,45,50H,10,12-13,15-20,24-28H2,1-6H3/t34-,39?/m0/s1. The van der Waals surface area contributed by atoms with E-state index in [4.69, 9.17) is 24.2 Å². The van der Waals surface area contributed by atoms with Crippen LogP contribution in [0.3, 0.4) is 0 Å². The molecule has 2 saturated heterocycles. The van der Waals surface area contributed by atoms with Crippen molar-refractivity contribution >= 4 is 24.7 Å². The summed E-state index contributed by atoms with van der Waals surface area (Å²) in [6, 6.07) is 12.7. The Hall–Kier alpha value is -3.71. The van der Waals surface area contributed by atoms with Gasteiger partial charge in [-0.05, 0) is 58.6 Å². The summed E-state index contributed by atoms with van der Waals surface area (Å²) in [5.74, 6) is 4.76. The van der Waals surface area contributed by atoms with E-state index in [2.05, 4.69) is 86.3 Å². The first-order chi connectivity index (χ1) is 26.0. The summed E-state index contributed by atoms with van der Waals surface area (Å²) >= 11 is 0. The smallest absolute Gasteiger partial charge is 0.318 e. The maximum atomic E-state index is 11.0. The number of hydrogen-bond acceptors (Lipinski definition) is 10. The third-order valence-corrected chi connectivity index (χ3v) is 18.8. The molecule has 4 heterocycles. The lowest BCUT2D eigenvalue weighted by atomic mass is 9.92. The fourth-order valence-electron chi connectivity index (χ4n) is 9.41. The van der Waals surface area contributed by atoms with E-state index in [9.17, 15) is 10.4 Å². The van der Waals surface area contributed by atoms with Gasteiger partial charge in [0.2, 0.25) is 0 Å². The Morgan fingerprint density at radius 2 is 1.81 bits per heavy atom. The van der Waals surface area contributed by atoms with E-state index in [-0.39, 0.29) is 23.3 Å². The predicted octanol–water partition coefficient (Wildman–Crippen LogP) is 6.90. The van der Waals surface area contributed by atoms with Crippen molar-refractivity contribution < 1.29 is 19.3 Å². The largest absolute Gasteiger partial charge is 0.508 e. The molecule has 0 spiro atoms. The number of anilines is 1. The van der Waals surface area contributed by atoms with E-state index >= 15 is 0 Å². The quantitative estimate of drug-likeness (QED) is 0.158. The molecule has 3 aromatic rings. The van der Waals surface area contributed by atoms with Crippen LogP contribution in [0.15, 0.2) is 30.3 Å². The Morgan fingerprint density at radius 3 is 2.52 bits per heavy atom. The van der Waals surface area contributed by atoms with E-state index in [0.717, 1.165) is 97.8 Å². The second-order valence-electron chi connectivity index (χ2n) is 17.0. The molecule has 10 nitrogen and oxygen atoms in total. The van der Waals surface area contributed by atoms with Gasteiger partial charge in [-0.2, -0.15) is 15.2 Å². The summed E-state index contributed by atoms with van der Waals surface area (Å²) < 4.78 is 18.9. The molecule has 3 fully saturated rings. The van der Waals surface area contributed by atoms with E-state index in [1.807, 2.05) is 18.2 Å². The van der Waals surface area contributed by atoms with Crippen molar-refractivity contribution in [3.8, 4) is 29.3 Å². The van der Waals surface area contributed by atoms with Gasteiger partial charge < -0.3 is 29.5 Å². The molecule has 2 atom stereocenters. The highest BCUT2D eigenvalue weighted by molar-refractivity contribution is 6.90. The van der Waals surface area contributed by atoms with E-state index in [1.165, 1.54) is 0 Å². The minimum absolute atomic E-state index is 0.0568. The molecule has 1 aromatic heterocycles. The summed E-state index contributed by atoms with van der Waals surface area (Å²) in [5, 5.41) is 26.0. The summed E-state index contributed by atoms with van der Waals surface area (Å²) in [5.41, 5.74) is 9.39. The SMILES string of the molecule is CC(C)[Si](C#Cc1cccc2cc(O)cc(C3Cc4nc(OCC5(CN6CCOCC6)CC5)nc(N5CCN[C@@H](CC#N)C5)c4CO3)c12)(C(C)C)C(C)C. The normalized spacial score (nSPS) is 21.5. The molecular weight excluding hydrogens is 693 g/mol. The second-order valence-corrected chi connectivity index (χ2v) is 22.6. The van der Waals surface area contributed by atoms with Crippen molar-refractivity contribution in [3.63, 3.8) is 0 Å². The number of fused-ring (bicyclic) bond motifs is 2. The van der Waals surface area contributed by atoms with Gasteiger partial charge in [-0.25, -0.2) is 0 Å². The molecule has 1 aliphatic carbocycles. The Bertz CT molecular complexity index is 1900. The Balaban J connectivity index is 1.24. The number of nitriles is 1. The number of nitrogens with one attached hydrogen (secondary N) is 1. The number of benzene rings is 2. The molecule has 2 N–H and O–H groups in total. The fourth-order valence-corrected chi connectivity index (χ4v) is 14.6. The molecule has 0 radical (unpaired) electrons. The monoisotopic (exact) mass is 750 g/mol. The first kappa shape index (κ1) is 38.6. The number of rotatable bonds is 11. The minimum atomic E-state index is -1.99. The predicted molar refractivity (Wildman–Crippen MR) is 215 cm³/mol. The molecule has 2 aromatic carbocycles. The van der Waals surface area contributed by atoms with Gasteiger partial charge in [0.1, 0.15) is 19.6 Å². The molecule has 1 saturated carbocycles. The third-order valence-electron chi connectivity index (χ3n) is 12.5. The molecule has 0 amide bonds. The maximum absolute atomic E-state index is 11.0. The van der Waals surface area contributed by atoms with Crippen LogP contribution in [0, 0.1) is 28.2 Å². The van der Waals surface area contributed by atoms with Crippen molar-refractivity contribution in [1.82, 2.24) is 20.2 Å². The zero-order valence-electron chi connectivity index (χ0n) is 33.1. The first-order valence-electron chi connectivity index (χ1n) is 20.1. The van der Waals surface area contributed by atoms with Gasteiger partial charge >= 0.3 is 6.01 Å². The number of ether oxygens (including phenoxy) is 3. The number of phenols is 1. The van der Waals surface area contributed by atoms with Crippen LogP contribution in [0.2, 0.25) is 16.6 Å². The molecule has 4 aliphatic rings. The van der Waals surface area contributed by atoms with Crippen LogP contribution in [0.25, 0.3) is 10.8 Å². The van der Waals surface area contributed by atoms with Crippen molar-refractivity contribution in [2.24, 2.45) is 5.41 Å². The van der Waals surface area contributed by atoms with E-state index < -0.39 is 8.07 Å². The van der Waals surface area contributed by atoms with Crippen LogP contribution in [-0.4, -0.2) is 93.2 Å². The molecular formula is C43H58N6O4Si. The summed E-state index contributed by atoms with van der Waals surface area (Å²) in [6.45, 7) is 21.7. The van der Waals surface area contributed by atoms with Gasteiger partial charge in [0, 0.05) is 73.7 Å². The average molecular weight is 751 g/mol. The Labute approximate surface area is 322 Å². The van der Waals surface area contributed by atoms with Crippen molar-refractivity contribution in [1.29, 1.82) is 5.26 Å². The van der Waals surface area contributed by atoms with Crippen LogP contribution >= 0.6 is 0 Å². The van der Waals surface area contributed by atoms with E-state index in [1.54, 1.807) is 0 Å². The lowest BCUT2D eigenvalue weighted by Crippen LogP contribution is -2.51. The Kier molecular flexibility index (Phi) is 11.5. The topological polar surface area (TPSA) is 116 Å². The number of hydrogen-bond donors (Lipinski definition) is 2. The van der Waals surface area contributed by atoms with Gasteiger partial charge in [0.25, 0.3) is 0 Å². The number of aromatic nitrogens is 2. The highest BCUT2D eigenvalue weighted by Crippen LogP contribution is 2.47.